The van der Waals surface area contributed by atoms with E-state index in [2.05, 4.69) is 0 Å². The zero-order valence-electron chi connectivity index (χ0n) is 22.9. The second kappa shape index (κ2) is 9.56. The van der Waals surface area contributed by atoms with E-state index >= 15 is 0 Å². The molecule has 11 heteroatoms. The predicted octanol–water partition coefficient (Wildman–Crippen LogP) is 4.58. The minimum absolute atomic E-state index is 0.0827. The molecule has 0 aliphatic carbocycles. The Morgan fingerprint density at radius 1 is 0.829 bits per heavy atom. The third kappa shape index (κ3) is 3.66. The van der Waals surface area contributed by atoms with Crippen LogP contribution in [-0.2, 0) is 6.42 Å². The van der Waals surface area contributed by atoms with E-state index in [1.807, 2.05) is 0 Å². The van der Waals surface area contributed by atoms with Crippen LogP contribution in [0.3, 0.4) is 0 Å². The van der Waals surface area contributed by atoms with Gasteiger partial charge in [0.2, 0.25) is 5.75 Å². The molecule has 0 amide bonds. The van der Waals surface area contributed by atoms with Crippen LogP contribution in [0.5, 0.6) is 40.2 Å². The summed E-state index contributed by atoms with van der Waals surface area (Å²) in [5.74, 6) is 1.21. The fraction of sp³-hybridized carbons (Fsp3) is 0.233. The Labute approximate surface area is 233 Å². The van der Waals surface area contributed by atoms with Crippen molar-refractivity contribution in [2.75, 3.05) is 35.5 Å². The monoisotopic (exact) mass is 561 g/mol. The van der Waals surface area contributed by atoms with E-state index in [0.717, 1.165) is 0 Å². The van der Waals surface area contributed by atoms with E-state index in [9.17, 15) is 20.1 Å². The molecule has 5 aromatic rings. The van der Waals surface area contributed by atoms with Crippen molar-refractivity contribution >= 4 is 21.9 Å². The van der Waals surface area contributed by atoms with Gasteiger partial charge >= 0.3 is 5.63 Å². The van der Waals surface area contributed by atoms with E-state index in [1.54, 1.807) is 24.3 Å². The summed E-state index contributed by atoms with van der Waals surface area (Å²) >= 11 is 0. The number of fused-ring (bicyclic) bond motifs is 7. The zero-order chi connectivity index (χ0) is 29.2. The molecule has 3 N–H and O–H groups in total. The number of phenols is 2. The third-order valence-electron chi connectivity index (χ3n) is 7.49. The van der Waals surface area contributed by atoms with Gasteiger partial charge in [-0.15, -0.1) is 0 Å². The summed E-state index contributed by atoms with van der Waals surface area (Å²) < 4.78 is 34.8. The minimum atomic E-state index is -1.20. The van der Waals surface area contributed by atoms with Gasteiger partial charge in [0.25, 0.3) is 0 Å². The standard InChI is InChI=1S/C30H27NO10/c1-36-19-7-6-13(8-17(19)32)24-25-16-10-21(37-2)18(33)12-20(16)41-30(35)27(25)31-23(34)11-15-14(26(24)31)9-22(38-3)29(40-5)28(15)39-4/h6-10,12,23,32-34H,11H2,1-5H3. The molecule has 0 fully saturated rings. The number of benzene rings is 3. The molecule has 0 spiro atoms. The molecule has 1 aliphatic rings. The Hall–Kier alpha value is -5.03. The van der Waals surface area contributed by atoms with Gasteiger partial charge in [-0.05, 0) is 29.8 Å². The van der Waals surface area contributed by atoms with E-state index in [-0.39, 0.29) is 40.5 Å². The van der Waals surface area contributed by atoms with Gasteiger partial charge in [0.05, 0.1) is 41.2 Å². The lowest BCUT2D eigenvalue weighted by Gasteiger charge is -2.29. The van der Waals surface area contributed by atoms with Crippen molar-refractivity contribution in [3.05, 3.63) is 52.4 Å². The fourth-order valence-corrected chi connectivity index (χ4v) is 5.79. The Bertz CT molecular complexity index is 1920. The highest BCUT2D eigenvalue weighted by Crippen LogP contribution is 2.54. The van der Waals surface area contributed by atoms with E-state index in [4.69, 9.17) is 28.1 Å². The van der Waals surface area contributed by atoms with Crippen LogP contribution < -0.4 is 29.3 Å². The minimum Gasteiger partial charge on any atom is -0.504 e. The van der Waals surface area contributed by atoms with Crippen LogP contribution in [0.2, 0.25) is 0 Å². The molecule has 3 heterocycles. The van der Waals surface area contributed by atoms with Gasteiger partial charge in [0.1, 0.15) is 17.3 Å². The maximum absolute atomic E-state index is 13.6. The highest BCUT2D eigenvalue weighted by molar-refractivity contribution is 6.17. The molecule has 2 aromatic heterocycles. The molecule has 3 aromatic carbocycles. The Morgan fingerprint density at radius 3 is 2.15 bits per heavy atom. The lowest BCUT2D eigenvalue weighted by molar-refractivity contribution is 0.106. The van der Waals surface area contributed by atoms with Gasteiger partial charge in [-0.1, -0.05) is 6.07 Å². The van der Waals surface area contributed by atoms with E-state index < -0.39 is 11.9 Å². The van der Waals surface area contributed by atoms with Crippen molar-refractivity contribution in [2.45, 2.75) is 12.6 Å². The Balaban J connectivity index is 1.88. The topological polar surface area (TPSA) is 142 Å². The first-order valence-corrected chi connectivity index (χ1v) is 12.6. The molecule has 11 nitrogen and oxygen atoms in total. The van der Waals surface area contributed by atoms with Gasteiger partial charge in [-0.25, -0.2) is 4.79 Å². The normalized spacial score (nSPS) is 14.0. The Kier molecular flexibility index (Phi) is 6.11. The molecule has 0 bridgehead atoms. The Morgan fingerprint density at radius 2 is 1.51 bits per heavy atom. The molecular weight excluding hydrogens is 534 g/mol. The van der Waals surface area contributed by atoms with Gasteiger partial charge in [-0.3, -0.25) is 0 Å². The summed E-state index contributed by atoms with van der Waals surface area (Å²) in [6.45, 7) is 0. The van der Waals surface area contributed by atoms with Crippen LogP contribution in [0, 0.1) is 0 Å². The number of hydrogen-bond donors (Lipinski definition) is 3. The third-order valence-corrected chi connectivity index (χ3v) is 7.49. The van der Waals surface area contributed by atoms with Crippen molar-refractivity contribution in [3.63, 3.8) is 0 Å². The number of rotatable bonds is 6. The highest BCUT2D eigenvalue weighted by Gasteiger charge is 2.36. The molecule has 0 saturated carbocycles. The number of hydrogen-bond acceptors (Lipinski definition) is 10. The number of ether oxygens (including phenoxy) is 5. The maximum atomic E-state index is 13.6. The number of aliphatic hydroxyl groups excluding tert-OH is 1. The second-order valence-corrected chi connectivity index (χ2v) is 9.47. The average molecular weight is 562 g/mol. The van der Waals surface area contributed by atoms with Crippen molar-refractivity contribution in [3.8, 4) is 62.6 Å². The molecule has 0 saturated heterocycles. The van der Waals surface area contributed by atoms with Crippen LogP contribution in [0.4, 0.5) is 0 Å². The molecule has 1 aliphatic heterocycles. The smallest absolute Gasteiger partial charge is 0.361 e. The van der Waals surface area contributed by atoms with Crippen molar-refractivity contribution < 1.29 is 43.4 Å². The largest absolute Gasteiger partial charge is 0.504 e. The number of phenolic OH excluding ortho intramolecular Hbond substituents is 2. The van der Waals surface area contributed by atoms with Gasteiger partial charge < -0.3 is 48.0 Å². The lowest BCUT2D eigenvalue weighted by Crippen LogP contribution is -2.21. The number of nitrogens with zero attached hydrogens (tertiary/aromatic N) is 1. The first kappa shape index (κ1) is 26.2. The van der Waals surface area contributed by atoms with E-state index in [0.29, 0.717) is 56.0 Å². The van der Waals surface area contributed by atoms with Crippen molar-refractivity contribution in [2.24, 2.45) is 0 Å². The first-order valence-electron chi connectivity index (χ1n) is 12.6. The molecule has 0 radical (unpaired) electrons. The summed E-state index contributed by atoms with van der Waals surface area (Å²) in [5, 5.41) is 33.6. The number of aromatic hydroxyl groups is 2. The average Bonchev–Trinajstić information content (AvgIpc) is 3.34. The number of aromatic nitrogens is 1. The zero-order valence-corrected chi connectivity index (χ0v) is 22.9. The molecule has 41 heavy (non-hydrogen) atoms. The van der Waals surface area contributed by atoms with Gasteiger partial charge in [-0.2, -0.15) is 0 Å². The van der Waals surface area contributed by atoms with Crippen LogP contribution in [-0.4, -0.2) is 55.4 Å². The second-order valence-electron chi connectivity index (χ2n) is 9.47. The van der Waals surface area contributed by atoms with Crippen LogP contribution in [0.25, 0.3) is 44.3 Å². The van der Waals surface area contributed by atoms with Gasteiger partial charge in [0.15, 0.2) is 34.5 Å². The molecule has 1 unspecified atom stereocenters. The van der Waals surface area contributed by atoms with Gasteiger partial charge in [0, 0.05) is 39.9 Å². The van der Waals surface area contributed by atoms with Crippen LogP contribution in [0.1, 0.15) is 11.8 Å². The summed E-state index contributed by atoms with van der Waals surface area (Å²) in [4.78, 5) is 13.6. The summed E-state index contributed by atoms with van der Waals surface area (Å²) in [6.07, 6.45) is -1.12. The maximum Gasteiger partial charge on any atom is 0.361 e. The quantitative estimate of drug-likeness (QED) is 0.252. The predicted molar refractivity (Wildman–Crippen MR) is 150 cm³/mol. The number of aliphatic hydroxyl groups is 1. The first-order chi connectivity index (χ1) is 19.8. The van der Waals surface area contributed by atoms with Crippen LogP contribution in [0.15, 0.2) is 45.6 Å². The SMILES string of the molecule is COc1ccc(-c2c3n(c4c(=O)oc5cc(O)c(OC)cc5c24)C(O)Cc2c-3cc(OC)c(OC)c2OC)cc1O. The van der Waals surface area contributed by atoms with E-state index in [1.165, 1.54) is 52.2 Å². The molecular formula is C30H27NO10. The summed E-state index contributed by atoms with van der Waals surface area (Å²) in [6, 6.07) is 9.50. The molecule has 212 valence electrons. The van der Waals surface area contributed by atoms with Crippen molar-refractivity contribution in [1.82, 2.24) is 4.57 Å². The number of methoxy groups -OCH3 is 5. The van der Waals surface area contributed by atoms with Crippen molar-refractivity contribution in [1.29, 1.82) is 0 Å². The summed E-state index contributed by atoms with van der Waals surface area (Å²) in [5.41, 5.74) is 2.23. The lowest BCUT2D eigenvalue weighted by atomic mass is 9.90. The van der Waals surface area contributed by atoms with Crippen LogP contribution >= 0.6 is 0 Å². The molecule has 1 atom stereocenters. The molecule has 6 rings (SSSR count). The highest BCUT2D eigenvalue weighted by atomic mass is 16.5. The fourth-order valence-electron chi connectivity index (χ4n) is 5.79. The summed E-state index contributed by atoms with van der Waals surface area (Å²) in [7, 11) is 7.35.